The second-order valence-corrected chi connectivity index (χ2v) is 8.42. The molecule has 2 heterocycles. The number of carbonyl (C=O) groups excluding carboxylic acids is 2. The number of nitrogens with one attached hydrogen (secondary N) is 2. The zero-order valence-corrected chi connectivity index (χ0v) is 17.1. The van der Waals surface area contributed by atoms with Crippen molar-refractivity contribution >= 4 is 39.1 Å². The third kappa shape index (κ3) is 4.81. The first-order valence-electron chi connectivity index (χ1n) is 8.25. The van der Waals surface area contributed by atoms with Crippen molar-refractivity contribution in [1.29, 1.82) is 0 Å². The minimum absolute atomic E-state index is 0.197. The van der Waals surface area contributed by atoms with Crippen molar-refractivity contribution in [2.75, 3.05) is 0 Å². The number of amides is 2. The molecule has 1 aromatic carbocycles. The zero-order chi connectivity index (χ0) is 19.4. The maximum atomic E-state index is 12.4. The van der Waals surface area contributed by atoms with Crippen LogP contribution in [0.25, 0.3) is 5.69 Å². The van der Waals surface area contributed by atoms with Crippen LogP contribution in [0.3, 0.4) is 0 Å². The lowest BCUT2D eigenvalue weighted by atomic mass is 10.1. The molecule has 2 amide bonds. The molecule has 0 saturated carbocycles. The number of hydrogen-bond acceptors (Lipinski definition) is 5. The van der Waals surface area contributed by atoms with Crippen LogP contribution in [0, 0.1) is 0 Å². The average molecular weight is 448 g/mol. The van der Waals surface area contributed by atoms with E-state index >= 15 is 0 Å². The molecule has 0 spiro atoms. The molecule has 3 aromatic rings. The van der Waals surface area contributed by atoms with Crippen LogP contribution < -0.4 is 10.6 Å². The van der Waals surface area contributed by atoms with Gasteiger partial charge >= 0.3 is 0 Å². The normalized spacial score (nSPS) is 13.0. The lowest BCUT2D eigenvalue weighted by molar-refractivity contribution is -0.123. The molecule has 7 nitrogen and oxygen atoms in total. The monoisotopic (exact) mass is 447 g/mol. The van der Waals surface area contributed by atoms with Crippen molar-refractivity contribution in [2.24, 2.45) is 0 Å². The van der Waals surface area contributed by atoms with Gasteiger partial charge in [-0.05, 0) is 59.6 Å². The molecule has 9 heteroatoms. The maximum absolute atomic E-state index is 12.4. The van der Waals surface area contributed by atoms with Gasteiger partial charge in [0.25, 0.3) is 5.91 Å². The van der Waals surface area contributed by atoms with E-state index in [4.69, 9.17) is 0 Å². The summed E-state index contributed by atoms with van der Waals surface area (Å²) in [6.07, 6.45) is 3.10. The van der Waals surface area contributed by atoms with Gasteiger partial charge in [0, 0.05) is 0 Å². The fourth-order valence-electron chi connectivity index (χ4n) is 2.45. The highest BCUT2D eigenvalue weighted by atomic mass is 79.9. The molecule has 0 fully saturated rings. The molecule has 0 saturated heterocycles. The third-order valence-corrected chi connectivity index (χ3v) is 5.60. The first kappa shape index (κ1) is 19.2. The lowest BCUT2D eigenvalue weighted by Gasteiger charge is -2.19. The quantitative estimate of drug-likeness (QED) is 0.607. The van der Waals surface area contributed by atoms with Gasteiger partial charge in [0.2, 0.25) is 5.91 Å². The van der Waals surface area contributed by atoms with Crippen molar-refractivity contribution in [1.82, 2.24) is 25.4 Å². The van der Waals surface area contributed by atoms with Crippen LogP contribution in [0.15, 0.2) is 52.8 Å². The van der Waals surface area contributed by atoms with E-state index < -0.39 is 6.04 Å². The van der Waals surface area contributed by atoms with Crippen LogP contribution in [0.2, 0.25) is 0 Å². The van der Waals surface area contributed by atoms with E-state index in [-0.39, 0.29) is 17.9 Å². The van der Waals surface area contributed by atoms with Crippen LogP contribution in [0.1, 0.15) is 35.1 Å². The number of halogens is 1. The molecule has 0 aliphatic heterocycles. The summed E-state index contributed by atoms with van der Waals surface area (Å²) in [6, 6.07) is 10.3. The van der Waals surface area contributed by atoms with Crippen molar-refractivity contribution in [3.05, 3.63) is 63.3 Å². The predicted octanol–water partition coefficient (Wildman–Crippen LogP) is 3.09. The summed E-state index contributed by atoms with van der Waals surface area (Å²) in [4.78, 5) is 29.0. The molecule has 2 aromatic heterocycles. The Labute approximate surface area is 168 Å². The molecule has 0 aliphatic carbocycles. The number of rotatable bonds is 6. The van der Waals surface area contributed by atoms with E-state index in [0.717, 1.165) is 15.0 Å². The fraction of sp³-hybridized carbons (Fsp3) is 0.222. The van der Waals surface area contributed by atoms with E-state index in [1.807, 2.05) is 31.2 Å². The summed E-state index contributed by atoms with van der Waals surface area (Å²) in [5, 5.41) is 9.71. The Hall–Kier alpha value is -2.52. The minimum atomic E-state index is -0.643. The van der Waals surface area contributed by atoms with Crippen LogP contribution >= 0.6 is 27.3 Å². The molecule has 2 atom stereocenters. The van der Waals surface area contributed by atoms with Gasteiger partial charge < -0.3 is 10.6 Å². The summed E-state index contributed by atoms with van der Waals surface area (Å²) in [5.74, 6) is -0.509. The SMILES string of the molecule is CC(NC(=O)c1ccc(Br)s1)C(=O)NC(C)c1ccc(-n2cncn2)cc1. The van der Waals surface area contributed by atoms with Gasteiger partial charge in [0.1, 0.15) is 18.7 Å². The summed E-state index contributed by atoms with van der Waals surface area (Å²) in [7, 11) is 0. The third-order valence-electron chi connectivity index (χ3n) is 3.97. The molecule has 27 heavy (non-hydrogen) atoms. The number of thiophene rings is 1. The predicted molar refractivity (Wildman–Crippen MR) is 107 cm³/mol. The van der Waals surface area contributed by atoms with Crippen LogP contribution in [-0.4, -0.2) is 32.6 Å². The summed E-state index contributed by atoms with van der Waals surface area (Å²) < 4.78 is 2.53. The van der Waals surface area contributed by atoms with E-state index in [2.05, 4.69) is 36.6 Å². The second-order valence-electron chi connectivity index (χ2n) is 5.96. The van der Waals surface area contributed by atoms with E-state index in [0.29, 0.717) is 4.88 Å². The van der Waals surface area contributed by atoms with Gasteiger partial charge in [-0.2, -0.15) is 5.10 Å². The molecule has 140 valence electrons. The van der Waals surface area contributed by atoms with Gasteiger partial charge in [0.05, 0.1) is 20.4 Å². The van der Waals surface area contributed by atoms with Gasteiger partial charge in [-0.25, -0.2) is 9.67 Å². The van der Waals surface area contributed by atoms with Crippen LogP contribution in [0.5, 0.6) is 0 Å². The largest absolute Gasteiger partial charge is 0.348 e. The maximum Gasteiger partial charge on any atom is 0.262 e. The summed E-state index contributed by atoms with van der Waals surface area (Å²) >= 11 is 4.64. The van der Waals surface area contributed by atoms with Crippen molar-refractivity contribution in [3.8, 4) is 5.69 Å². The van der Waals surface area contributed by atoms with Crippen LogP contribution in [0.4, 0.5) is 0 Å². The molecular formula is C18H18BrN5O2S. The molecule has 2 unspecified atom stereocenters. The fourth-order valence-corrected chi connectivity index (χ4v) is 3.74. The van der Waals surface area contributed by atoms with Crippen molar-refractivity contribution in [2.45, 2.75) is 25.9 Å². The van der Waals surface area contributed by atoms with Crippen molar-refractivity contribution < 1.29 is 9.59 Å². The topological polar surface area (TPSA) is 88.9 Å². The van der Waals surface area contributed by atoms with Gasteiger partial charge in [-0.1, -0.05) is 12.1 Å². The van der Waals surface area contributed by atoms with Gasteiger partial charge in [-0.3, -0.25) is 9.59 Å². The average Bonchev–Trinajstić information content (AvgIpc) is 3.33. The van der Waals surface area contributed by atoms with E-state index in [1.54, 1.807) is 30.1 Å². The lowest BCUT2D eigenvalue weighted by Crippen LogP contribution is -2.45. The highest BCUT2D eigenvalue weighted by Gasteiger charge is 2.19. The van der Waals surface area contributed by atoms with Crippen molar-refractivity contribution in [3.63, 3.8) is 0 Å². The zero-order valence-electron chi connectivity index (χ0n) is 14.7. The Bertz CT molecular complexity index is 924. The summed E-state index contributed by atoms with van der Waals surface area (Å²) in [6.45, 7) is 3.56. The van der Waals surface area contributed by atoms with Gasteiger partial charge in [-0.15, -0.1) is 11.3 Å². The molecule has 2 N–H and O–H groups in total. The second kappa shape index (κ2) is 8.45. The first-order valence-corrected chi connectivity index (χ1v) is 9.86. The highest BCUT2D eigenvalue weighted by Crippen LogP contribution is 2.22. The molecule has 3 rings (SSSR count). The molecule has 0 aliphatic rings. The Morgan fingerprint density at radius 2 is 1.85 bits per heavy atom. The number of nitrogens with zero attached hydrogens (tertiary/aromatic N) is 3. The number of aromatic nitrogens is 3. The van der Waals surface area contributed by atoms with E-state index in [9.17, 15) is 9.59 Å². The number of benzene rings is 1. The Morgan fingerprint density at radius 1 is 1.11 bits per heavy atom. The molecule has 0 radical (unpaired) electrons. The standard InChI is InChI=1S/C18H18BrN5O2S/c1-11(13-3-5-14(6-4-13)24-10-20-9-21-24)22-17(25)12(2)23-18(26)15-7-8-16(19)27-15/h3-12H,1-2H3,(H,22,25)(H,23,26). The highest BCUT2D eigenvalue weighted by molar-refractivity contribution is 9.11. The Balaban J connectivity index is 1.57. The molecule has 0 bridgehead atoms. The minimum Gasteiger partial charge on any atom is -0.348 e. The Kier molecular flexibility index (Phi) is 6.02. The number of carbonyl (C=O) groups is 2. The molecular weight excluding hydrogens is 430 g/mol. The van der Waals surface area contributed by atoms with Gasteiger partial charge in [0.15, 0.2) is 0 Å². The smallest absolute Gasteiger partial charge is 0.262 e. The Morgan fingerprint density at radius 3 is 2.44 bits per heavy atom. The van der Waals surface area contributed by atoms with E-state index in [1.165, 1.54) is 17.7 Å². The summed E-state index contributed by atoms with van der Waals surface area (Å²) in [5.41, 5.74) is 1.84. The van der Waals surface area contributed by atoms with Crippen LogP contribution in [-0.2, 0) is 4.79 Å². The number of hydrogen-bond donors (Lipinski definition) is 2. The first-order chi connectivity index (χ1) is 12.9.